The van der Waals surface area contributed by atoms with Gasteiger partial charge in [0.15, 0.2) is 0 Å². The third-order valence-corrected chi connectivity index (χ3v) is 6.56. The molecule has 212 valence electrons. The van der Waals surface area contributed by atoms with Crippen LogP contribution in [0.1, 0.15) is 80.6 Å². The lowest BCUT2D eigenvalue weighted by atomic mass is 10.1. The fourth-order valence-corrected chi connectivity index (χ4v) is 4.18. The van der Waals surface area contributed by atoms with Crippen LogP contribution in [0.4, 0.5) is 0 Å². The van der Waals surface area contributed by atoms with Gasteiger partial charge >= 0.3 is 11.9 Å². The maximum Gasteiger partial charge on any atom is 0.343 e. The summed E-state index contributed by atoms with van der Waals surface area (Å²) in [5.74, 6) is 0.470. The van der Waals surface area contributed by atoms with Crippen LogP contribution in [0.15, 0.2) is 79.5 Å². The monoisotopic (exact) mass is 543 g/mol. The van der Waals surface area contributed by atoms with E-state index in [4.69, 9.17) is 14.2 Å². The number of hydrogen-bond acceptors (Lipinski definition) is 6. The number of nitrogens with zero attached hydrogens (tertiary/aromatic N) is 1. The van der Waals surface area contributed by atoms with E-state index in [0.29, 0.717) is 24.5 Å². The molecule has 6 heteroatoms. The SMILES string of the molecule is C=CC(=O)OCCCCCCCCCOc1ccc(C(=O)Oc2ccc(-c3ccc(CCCC)cn3)cc2)cc1. The summed E-state index contributed by atoms with van der Waals surface area (Å²) in [5, 5.41) is 0. The molecule has 0 fully saturated rings. The molecule has 1 aromatic heterocycles. The van der Waals surface area contributed by atoms with Crippen molar-refractivity contribution in [2.45, 2.75) is 71.1 Å². The highest BCUT2D eigenvalue weighted by molar-refractivity contribution is 5.91. The molecule has 0 bridgehead atoms. The molecule has 0 aliphatic carbocycles. The van der Waals surface area contributed by atoms with E-state index in [0.717, 1.165) is 68.4 Å². The number of benzene rings is 2. The first-order valence-electron chi connectivity index (χ1n) is 14.4. The van der Waals surface area contributed by atoms with E-state index in [9.17, 15) is 9.59 Å². The highest BCUT2D eigenvalue weighted by Crippen LogP contribution is 2.22. The molecule has 0 saturated carbocycles. The Bertz CT molecular complexity index is 1170. The molecule has 0 saturated heterocycles. The molecule has 0 aliphatic rings. The topological polar surface area (TPSA) is 74.7 Å². The fraction of sp³-hybridized carbons (Fsp3) is 0.382. The zero-order chi connectivity index (χ0) is 28.4. The van der Waals surface area contributed by atoms with E-state index in [-0.39, 0.29) is 5.97 Å². The number of ether oxygens (including phenoxy) is 3. The summed E-state index contributed by atoms with van der Waals surface area (Å²) in [6.45, 7) is 6.68. The molecule has 0 unspecified atom stereocenters. The highest BCUT2D eigenvalue weighted by Gasteiger charge is 2.10. The lowest BCUT2D eigenvalue weighted by Crippen LogP contribution is -2.08. The van der Waals surface area contributed by atoms with Gasteiger partial charge in [-0.2, -0.15) is 0 Å². The number of carbonyl (C=O) groups excluding carboxylic acids is 2. The largest absolute Gasteiger partial charge is 0.494 e. The Morgan fingerprint density at radius 3 is 2.05 bits per heavy atom. The highest BCUT2D eigenvalue weighted by atomic mass is 16.5. The van der Waals surface area contributed by atoms with Gasteiger partial charge < -0.3 is 14.2 Å². The number of aryl methyl sites for hydroxylation is 1. The maximum absolute atomic E-state index is 12.6. The number of hydrogen-bond donors (Lipinski definition) is 0. The quantitative estimate of drug-likeness (QED) is 0.0697. The van der Waals surface area contributed by atoms with E-state index in [2.05, 4.69) is 24.6 Å². The summed E-state index contributed by atoms with van der Waals surface area (Å²) in [4.78, 5) is 28.1. The van der Waals surface area contributed by atoms with Crippen molar-refractivity contribution < 1.29 is 23.8 Å². The number of carbonyl (C=O) groups is 2. The second-order valence-electron chi connectivity index (χ2n) is 9.79. The molecule has 3 aromatic rings. The molecule has 1 heterocycles. The second-order valence-corrected chi connectivity index (χ2v) is 9.79. The van der Waals surface area contributed by atoms with Crippen LogP contribution in [0.3, 0.4) is 0 Å². The van der Waals surface area contributed by atoms with Gasteiger partial charge in [-0.25, -0.2) is 9.59 Å². The van der Waals surface area contributed by atoms with Gasteiger partial charge in [0.2, 0.25) is 0 Å². The Kier molecular flexibility index (Phi) is 13.5. The van der Waals surface area contributed by atoms with Crippen LogP contribution in [-0.2, 0) is 16.0 Å². The number of unbranched alkanes of at least 4 members (excludes halogenated alkanes) is 7. The van der Waals surface area contributed by atoms with E-state index in [1.54, 1.807) is 36.4 Å². The molecule has 6 nitrogen and oxygen atoms in total. The minimum absolute atomic E-state index is 0.353. The Morgan fingerprint density at radius 2 is 1.43 bits per heavy atom. The van der Waals surface area contributed by atoms with Gasteiger partial charge in [-0.05, 0) is 85.8 Å². The van der Waals surface area contributed by atoms with Crippen molar-refractivity contribution in [3.8, 4) is 22.8 Å². The first-order valence-corrected chi connectivity index (χ1v) is 14.4. The number of esters is 2. The summed E-state index contributed by atoms with van der Waals surface area (Å²) in [6.07, 6.45) is 14.0. The van der Waals surface area contributed by atoms with Crippen molar-refractivity contribution in [3.05, 3.63) is 90.6 Å². The Hall–Kier alpha value is -3.93. The smallest absolute Gasteiger partial charge is 0.343 e. The van der Waals surface area contributed by atoms with Crippen molar-refractivity contribution in [2.75, 3.05) is 13.2 Å². The molecule has 0 amide bonds. The van der Waals surface area contributed by atoms with E-state index < -0.39 is 5.97 Å². The lowest BCUT2D eigenvalue weighted by molar-refractivity contribution is -0.137. The van der Waals surface area contributed by atoms with Gasteiger partial charge in [-0.15, -0.1) is 0 Å². The molecular formula is C34H41NO5. The summed E-state index contributed by atoms with van der Waals surface area (Å²) >= 11 is 0. The van der Waals surface area contributed by atoms with Crippen LogP contribution in [0, 0.1) is 0 Å². The van der Waals surface area contributed by atoms with Gasteiger partial charge in [0.05, 0.1) is 24.5 Å². The molecule has 2 aromatic carbocycles. The summed E-state index contributed by atoms with van der Waals surface area (Å²) in [5.41, 5.74) is 3.60. The average Bonchev–Trinajstić information content (AvgIpc) is 2.99. The Morgan fingerprint density at radius 1 is 0.775 bits per heavy atom. The molecular weight excluding hydrogens is 502 g/mol. The van der Waals surface area contributed by atoms with Gasteiger partial charge in [-0.1, -0.05) is 58.1 Å². The van der Waals surface area contributed by atoms with E-state index in [1.165, 1.54) is 24.5 Å². The van der Waals surface area contributed by atoms with Crippen LogP contribution in [0.5, 0.6) is 11.5 Å². The summed E-state index contributed by atoms with van der Waals surface area (Å²) in [7, 11) is 0. The van der Waals surface area contributed by atoms with Crippen LogP contribution in [-0.4, -0.2) is 30.1 Å². The second kappa shape index (κ2) is 17.6. The summed E-state index contributed by atoms with van der Waals surface area (Å²) < 4.78 is 16.3. The van der Waals surface area contributed by atoms with Gasteiger partial charge in [0.25, 0.3) is 0 Å². The number of aromatic nitrogens is 1. The van der Waals surface area contributed by atoms with E-state index in [1.807, 2.05) is 24.4 Å². The normalized spacial score (nSPS) is 10.6. The first-order chi connectivity index (χ1) is 19.6. The predicted octanol–water partition coefficient (Wildman–Crippen LogP) is 8.15. The average molecular weight is 544 g/mol. The molecule has 0 aliphatic heterocycles. The molecule has 3 rings (SSSR count). The standard InChI is InChI=1S/C34H41NO5/c1-3-5-13-27-14-23-32(35-26-27)28-15-21-31(22-16-28)40-34(37)29-17-19-30(20-18-29)38-24-11-9-7-6-8-10-12-25-39-33(36)4-2/h4,14-23,26H,2-3,5-13,24-25H2,1H3. The zero-order valence-corrected chi connectivity index (χ0v) is 23.6. The number of pyridine rings is 1. The third kappa shape index (κ3) is 11.0. The Labute approximate surface area is 238 Å². The van der Waals surface area contributed by atoms with Crippen molar-refractivity contribution in [1.82, 2.24) is 4.98 Å². The van der Waals surface area contributed by atoms with E-state index >= 15 is 0 Å². The number of rotatable bonds is 18. The van der Waals surface area contributed by atoms with Crippen LogP contribution in [0.25, 0.3) is 11.3 Å². The van der Waals surface area contributed by atoms with Crippen LogP contribution in [0.2, 0.25) is 0 Å². The molecule has 0 atom stereocenters. The van der Waals surface area contributed by atoms with Crippen LogP contribution < -0.4 is 9.47 Å². The fourth-order valence-electron chi connectivity index (χ4n) is 4.18. The minimum atomic E-state index is -0.406. The van der Waals surface area contributed by atoms with Crippen molar-refractivity contribution in [3.63, 3.8) is 0 Å². The van der Waals surface area contributed by atoms with Crippen LogP contribution >= 0.6 is 0 Å². The molecule has 0 N–H and O–H groups in total. The minimum Gasteiger partial charge on any atom is -0.494 e. The van der Waals surface area contributed by atoms with Crippen molar-refractivity contribution in [1.29, 1.82) is 0 Å². The first kappa shape index (κ1) is 30.6. The van der Waals surface area contributed by atoms with Crippen molar-refractivity contribution in [2.24, 2.45) is 0 Å². The van der Waals surface area contributed by atoms with Crippen molar-refractivity contribution >= 4 is 11.9 Å². The molecule has 40 heavy (non-hydrogen) atoms. The zero-order valence-electron chi connectivity index (χ0n) is 23.6. The van der Waals surface area contributed by atoms with Gasteiger partial charge in [0, 0.05) is 17.8 Å². The predicted molar refractivity (Wildman–Crippen MR) is 159 cm³/mol. The lowest BCUT2D eigenvalue weighted by Gasteiger charge is -2.08. The third-order valence-electron chi connectivity index (χ3n) is 6.56. The molecule has 0 spiro atoms. The van der Waals surface area contributed by atoms with Gasteiger partial charge in [0.1, 0.15) is 11.5 Å². The molecule has 0 radical (unpaired) electrons. The maximum atomic E-state index is 12.6. The summed E-state index contributed by atoms with van der Waals surface area (Å²) in [6, 6.07) is 18.6. The van der Waals surface area contributed by atoms with Gasteiger partial charge in [-0.3, -0.25) is 4.98 Å². The Balaban J connectivity index is 1.31.